The number of hydrogen-bond donors (Lipinski definition) is 1. The summed E-state index contributed by atoms with van der Waals surface area (Å²) < 4.78 is 18.0. The van der Waals surface area contributed by atoms with Crippen LogP contribution in [-0.4, -0.2) is 44.9 Å². The van der Waals surface area contributed by atoms with Gasteiger partial charge in [-0.15, -0.1) is 0 Å². The molecule has 1 aliphatic heterocycles. The van der Waals surface area contributed by atoms with E-state index in [2.05, 4.69) is 24.3 Å². The van der Waals surface area contributed by atoms with E-state index >= 15 is 0 Å². The number of benzene rings is 3. The van der Waals surface area contributed by atoms with Crippen molar-refractivity contribution < 1.29 is 19.3 Å². The summed E-state index contributed by atoms with van der Waals surface area (Å²) in [6, 6.07) is 28.4. The SMILES string of the molecule is B[C@H]1CC(O)[C@@H](COC(c2ccccc2)(c2ccccc2)c2ccc(OC)cc2)O1. The van der Waals surface area contributed by atoms with Crippen molar-refractivity contribution in [2.75, 3.05) is 13.7 Å². The van der Waals surface area contributed by atoms with E-state index in [1.807, 2.05) is 68.5 Å². The van der Waals surface area contributed by atoms with Crippen LogP contribution in [-0.2, 0) is 15.1 Å². The first-order valence-electron chi connectivity index (χ1n) is 10.4. The summed E-state index contributed by atoms with van der Waals surface area (Å²) >= 11 is 0. The fourth-order valence-electron chi connectivity index (χ4n) is 4.22. The molecule has 0 saturated carbocycles. The molecule has 0 spiro atoms. The second kappa shape index (κ2) is 9.05. The summed E-state index contributed by atoms with van der Waals surface area (Å²) in [7, 11) is 3.64. The van der Waals surface area contributed by atoms with E-state index < -0.39 is 11.7 Å². The molecule has 0 aromatic heterocycles. The van der Waals surface area contributed by atoms with Crippen LogP contribution in [0.25, 0.3) is 0 Å². The number of ether oxygens (including phenoxy) is 3. The molecule has 0 bridgehead atoms. The number of rotatable bonds is 7. The van der Waals surface area contributed by atoms with Crippen LogP contribution in [0.3, 0.4) is 0 Å². The molecule has 0 radical (unpaired) electrons. The second-order valence-electron chi connectivity index (χ2n) is 7.74. The van der Waals surface area contributed by atoms with Crippen LogP contribution in [0.4, 0.5) is 0 Å². The second-order valence-corrected chi connectivity index (χ2v) is 7.74. The minimum absolute atomic E-state index is 0.0254. The highest BCUT2D eigenvalue weighted by Crippen LogP contribution is 2.41. The molecule has 1 unspecified atom stereocenters. The molecule has 3 aromatic rings. The summed E-state index contributed by atoms with van der Waals surface area (Å²) in [5.41, 5.74) is 2.18. The summed E-state index contributed by atoms with van der Waals surface area (Å²) in [5.74, 6) is 0.789. The quantitative estimate of drug-likeness (QED) is 0.488. The van der Waals surface area contributed by atoms with Crippen LogP contribution < -0.4 is 4.74 Å². The molecule has 4 nitrogen and oxygen atoms in total. The minimum Gasteiger partial charge on any atom is -0.497 e. The third-order valence-electron chi connectivity index (χ3n) is 5.73. The van der Waals surface area contributed by atoms with Gasteiger partial charge >= 0.3 is 0 Å². The lowest BCUT2D eigenvalue weighted by molar-refractivity contribution is -0.0737. The van der Waals surface area contributed by atoms with E-state index in [1.165, 1.54) is 0 Å². The molecule has 30 heavy (non-hydrogen) atoms. The number of hydrogen-bond acceptors (Lipinski definition) is 4. The maximum Gasteiger partial charge on any atom is 0.143 e. The average molecular weight is 402 g/mol. The Morgan fingerprint density at radius 1 is 0.900 bits per heavy atom. The van der Waals surface area contributed by atoms with E-state index in [4.69, 9.17) is 14.2 Å². The predicted octanol–water partition coefficient (Wildman–Crippen LogP) is 3.11. The maximum absolute atomic E-state index is 10.4. The van der Waals surface area contributed by atoms with Gasteiger partial charge in [0.15, 0.2) is 0 Å². The normalized spacial score (nSPS) is 21.5. The molecular weight excluding hydrogens is 375 g/mol. The Labute approximate surface area is 178 Å². The Hall–Kier alpha value is -2.60. The largest absolute Gasteiger partial charge is 0.497 e. The monoisotopic (exact) mass is 402 g/mol. The van der Waals surface area contributed by atoms with Gasteiger partial charge in [-0.3, -0.25) is 0 Å². The molecule has 1 N–H and O–H groups in total. The van der Waals surface area contributed by atoms with Crippen molar-refractivity contribution in [1.29, 1.82) is 0 Å². The highest BCUT2D eigenvalue weighted by molar-refractivity contribution is 6.11. The molecule has 154 valence electrons. The van der Waals surface area contributed by atoms with Crippen molar-refractivity contribution in [2.24, 2.45) is 0 Å². The van der Waals surface area contributed by atoms with Crippen LogP contribution in [0.2, 0.25) is 0 Å². The van der Waals surface area contributed by atoms with E-state index in [0.717, 1.165) is 22.4 Å². The molecule has 1 heterocycles. The van der Waals surface area contributed by atoms with Crippen LogP contribution in [0.15, 0.2) is 84.9 Å². The molecule has 0 amide bonds. The maximum atomic E-state index is 10.4. The zero-order chi connectivity index (χ0) is 21.0. The van der Waals surface area contributed by atoms with E-state index in [0.29, 0.717) is 6.42 Å². The Kier molecular flexibility index (Phi) is 6.23. The molecule has 5 heteroatoms. The van der Waals surface area contributed by atoms with Crippen LogP contribution in [0, 0.1) is 0 Å². The molecule has 3 aromatic carbocycles. The minimum atomic E-state index is -0.844. The highest BCUT2D eigenvalue weighted by atomic mass is 16.6. The Morgan fingerprint density at radius 3 is 1.90 bits per heavy atom. The van der Waals surface area contributed by atoms with Gasteiger partial charge in [0.25, 0.3) is 0 Å². The summed E-state index contributed by atoms with van der Waals surface area (Å²) in [4.78, 5) is 0. The third kappa shape index (κ3) is 4.01. The summed E-state index contributed by atoms with van der Waals surface area (Å²) in [5, 5.41) is 10.4. The summed E-state index contributed by atoms with van der Waals surface area (Å²) in [6.07, 6.45) is -0.259. The zero-order valence-corrected chi connectivity index (χ0v) is 17.4. The van der Waals surface area contributed by atoms with Gasteiger partial charge in [-0.1, -0.05) is 72.8 Å². The third-order valence-corrected chi connectivity index (χ3v) is 5.73. The van der Waals surface area contributed by atoms with Gasteiger partial charge in [-0.25, -0.2) is 0 Å². The van der Waals surface area contributed by atoms with Gasteiger partial charge in [-0.2, -0.15) is 0 Å². The molecule has 1 fully saturated rings. The van der Waals surface area contributed by atoms with Gasteiger partial charge in [-0.05, 0) is 35.2 Å². The number of methoxy groups -OCH3 is 1. The van der Waals surface area contributed by atoms with E-state index in [1.54, 1.807) is 7.11 Å². The first kappa shape index (κ1) is 20.7. The van der Waals surface area contributed by atoms with Crippen LogP contribution in [0.1, 0.15) is 23.1 Å². The summed E-state index contributed by atoms with van der Waals surface area (Å²) in [6.45, 7) is 0.279. The van der Waals surface area contributed by atoms with Crippen molar-refractivity contribution in [3.05, 3.63) is 102 Å². The van der Waals surface area contributed by atoms with Gasteiger partial charge in [0.1, 0.15) is 25.3 Å². The number of aliphatic hydroxyl groups is 1. The Morgan fingerprint density at radius 2 is 1.43 bits per heavy atom. The van der Waals surface area contributed by atoms with Crippen LogP contribution >= 0.6 is 0 Å². The zero-order valence-electron chi connectivity index (χ0n) is 17.4. The Balaban J connectivity index is 1.82. The lowest BCUT2D eigenvalue weighted by Gasteiger charge is -2.37. The molecule has 0 aliphatic carbocycles. The van der Waals surface area contributed by atoms with Gasteiger partial charge in [0.2, 0.25) is 0 Å². The van der Waals surface area contributed by atoms with Gasteiger partial charge < -0.3 is 19.3 Å². The van der Waals surface area contributed by atoms with E-state index in [-0.39, 0.29) is 18.7 Å². The fourth-order valence-corrected chi connectivity index (χ4v) is 4.22. The predicted molar refractivity (Wildman–Crippen MR) is 120 cm³/mol. The highest BCUT2D eigenvalue weighted by Gasteiger charge is 2.40. The molecule has 1 aliphatic rings. The smallest absolute Gasteiger partial charge is 0.143 e. The van der Waals surface area contributed by atoms with Crippen molar-refractivity contribution >= 4 is 7.85 Å². The van der Waals surface area contributed by atoms with E-state index in [9.17, 15) is 5.11 Å². The van der Waals surface area contributed by atoms with Crippen molar-refractivity contribution in [3.63, 3.8) is 0 Å². The van der Waals surface area contributed by atoms with Gasteiger partial charge in [0.05, 0.1) is 19.8 Å². The Bertz CT molecular complexity index is 891. The molecular formula is C25H27BO4. The molecule has 3 atom stereocenters. The van der Waals surface area contributed by atoms with Gasteiger partial charge in [0, 0.05) is 6.00 Å². The molecule has 4 rings (SSSR count). The van der Waals surface area contributed by atoms with Crippen molar-refractivity contribution in [1.82, 2.24) is 0 Å². The first-order valence-corrected chi connectivity index (χ1v) is 10.4. The van der Waals surface area contributed by atoms with Crippen molar-refractivity contribution in [3.8, 4) is 5.75 Å². The number of aliphatic hydroxyl groups excluding tert-OH is 1. The molecule has 1 saturated heterocycles. The topological polar surface area (TPSA) is 47.9 Å². The lowest BCUT2D eigenvalue weighted by Crippen LogP contribution is -2.38. The van der Waals surface area contributed by atoms with Crippen molar-refractivity contribution in [2.45, 2.75) is 30.2 Å². The fraction of sp³-hybridized carbons (Fsp3) is 0.280. The van der Waals surface area contributed by atoms with Crippen LogP contribution in [0.5, 0.6) is 5.75 Å². The lowest BCUT2D eigenvalue weighted by atomic mass is 9.80. The average Bonchev–Trinajstić information content (AvgIpc) is 3.13. The first-order chi connectivity index (χ1) is 14.6. The standard InChI is InChI=1S/C25H27BO4/c1-28-21-14-12-20(13-15-21)25(18-8-4-2-5-9-18,19-10-6-3-7-11-19)29-17-23-22(27)16-24(26)30-23/h2-15,22-24,27H,16-17,26H2,1H3/t22?,23-,24-/m1/s1.